The monoisotopic (exact) mass is 681 g/mol. The Hall–Kier alpha value is -5.62. The highest BCUT2D eigenvalue weighted by atomic mass is 32.2. The number of ketones is 1. The van der Waals surface area contributed by atoms with Crippen LogP contribution in [0.15, 0.2) is 72.0 Å². The van der Waals surface area contributed by atoms with E-state index in [4.69, 9.17) is 0 Å². The molecular weight excluding hydrogens is 663 g/mol. The van der Waals surface area contributed by atoms with Crippen LogP contribution >= 0.6 is 11.8 Å². The molecule has 1 amide bonds. The van der Waals surface area contributed by atoms with Crippen molar-refractivity contribution in [2.45, 2.75) is 11.1 Å². The lowest BCUT2D eigenvalue weighted by Gasteiger charge is -2.15. The second-order valence-electron chi connectivity index (χ2n) is 10.5. The number of carbonyl (C=O) groups is 2. The molecule has 6 rings (SSSR count). The third kappa shape index (κ3) is 5.23. The Bertz CT molecular complexity index is 2340. The van der Waals surface area contributed by atoms with E-state index in [1.165, 1.54) is 64.1 Å². The zero-order chi connectivity index (χ0) is 34.7. The number of alkyl halides is 3. The third-order valence-corrected chi connectivity index (χ3v) is 8.46. The van der Waals surface area contributed by atoms with E-state index >= 15 is 0 Å². The minimum absolute atomic E-state index is 0.0176. The number of benzene rings is 3. The second kappa shape index (κ2) is 11.9. The molecule has 0 fully saturated rings. The number of halogens is 7. The molecule has 0 spiro atoms. The van der Waals surface area contributed by atoms with Gasteiger partial charge in [-0.2, -0.15) is 18.4 Å². The van der Waals surface area contributed by atoms with E-state index in [2.05, 4.69) is 4.98 Å². The molecule has 0 aliphatic carbocycles. The van der Waals surface area contributed by atoms with E-state index < -0.39 is 57.2 Å². The fourth-order valence-electron chi connectivity index (χ4n) is 5.39. The van der Waals surface area contributed by atoms with Gasteiger partial charge in [-0.1, -0.05) is 6.07 Å². The lowest BCUT2D eigenvalue weighted by atomic mass is 9.98. The third-order valence-electron chi connectivity index (χ3n) is 7.69. The summed E-state index contributed by atoms with van der Waals surface area (Å²) in [6.07, 6.45) is -0.657. The molecule has 242 valence electrons. The average Bonchev–Trinajstić information content (AvgIpc) is 3.66. The summed E-state index contributed by atoms with van der Waals surface area (Å²) in [4.78, 5) is 29.5. The Balaban J connectivity index is 1.36. The van der Waals surface area contributed by atoms with Crippen molar-refractivity contribution in [3.05, 3.63) is 118 Å². The number of nitrogens with zero attached hydrogens (tertiary/aromatic N) is 4. The van der Waals surface area contributed by atoms with Crippen molar-refractivity contribution in [3.63, 3.8) is 0 Å². The molecule has 0 saturated heterocycles. The summed E-state index contributed by atoms with van der Waals surface area (Å²) >= 11 is 0.400. The number of aryl methyl sites for hydroxylation is 1. The van der Waals surface area contributed by atoms with Gasteiger partial charge >= 0.3 is 6.18 Å². The van der Waals surface area contributed by atoms with Crippen LogP contribution in [0.2, 0.25) is 0 Å². The molecular formula is C33H18F7N5O2S. The van der Waals surface area contributed by atoms with Crippen LogP contribution in [0.5, 0.6) is 0 Å². The zero-order valence-corrected chi connectivity index (χ0v) is 25.3. The summed E-state index contributed by atoms with van der Waals surface area (Å²) < 4.78 is 103. The van der Waals surface area contributed by atoms with Gasteiger partial charge in [-0.05, 0) is 60.4 Å². The Morgan fingerprint density at radius 3 is 2.27 bits per heavy atom. The van der Waals surface area contributed by atoms with Gasteiger partial charge in [0.25, 0.3) is 5.91 Å². The smallest absolute Gasteiger partial charge is 0.334 e. The highest BCUT2D eigenvalue weighted by Crippen LogP contribution is 2.41. The minimum atomic E-state index is -4.71. The Kier molecular flexibility index (Phi) is 8.00. The summed E-state index contributed by atoms with van der Waals surface area (Å²) in [5.41, 5.74) is -2.27. The normalized spacial score (nSPS) is 11.7. The number of thioether (sulfide) groups is 1. The minimum Gasteiger partial charge on any atom is -0.334 e. The highest BCUT2D eigenvalue weighted by molar-refractivity contribution is 7.98. The first-order valence-electron chi connectivity index (χ1n) is 13.7. The maximum atomic E-state index is 14.5. The Morgan fingerprint density at radius 2 is 1.62 bits per heavy atom. The van der Waals surface area contributed by atoms with Crippen molar-refractivity contribution in [1.29, 1.82) is 5.26 Å². The first-order valence-corrected chi connectivity index (χ1v) is 14.9. The standard InChI is InChI=1S/C33H18F7N5O2S/c1-44-14-42-21-11-18(19(12-24(21)44)33(38,39)40)17-4-3-9-45-22(17)7-8-23(45)30(46)15-5-6-20(16(10-15)13-41)43-32(47)25-26(34)28(36)31(48-2)29(37)27(25)35/h3-12,14H,1-2H3,(H,43,47). The van der Waals surface area contributed by atoms with Gasteiger partial charge in [0.05, 0.1) is 50.3 Å². The summed E-state index contributed by atoms with van der Waals surface area (Å²) in [7, 11) is 1.57. The molecule has 7 nitrogen and oxygen atoms in total. The molecule has 0 atom stereocenters. The molecule has 3 aromatic carbocycles. The molecule has 0 aliphatic heterocycles. The number of rotatable bonds is 6. The van der Waals surface area contributed by atoms with Gasteiger partial charge in [0, 0.05) is 24.4 Å². The van der Waals surface area contributed by atoms with Crippen LogP contribution in [0.4, 0.5) is 36.4 Å². The van der Waals surface area contributed by atoms with Crippen LogP contribution in [0.1, 0.15) is 37.5 Å². The quantitative estimate of drug-likeness (QED) is 0.0830. The van der Waals surface area contributed by atoms with E-state index in [1.807, 2.05) is 5.32 Å². The van der Waals surface area contributed by atoms with Gasteiger partial charge < -0.3 is 14.3 Å². The molecule has 3 aromatic heterocycles. The molecule has 1 N–H and O–H groups in total. The number of anilines is 1. The van der Waals surface area contributed by atoms with Crippen LogP contribution < -0.4 is 5.32 Å². The number of nitriles is 1. The SMILES string of the molecule is CSc1c(F)c(F)c(C(=O)Nc2ccc(C(=O)c3ccc4c(-c5cc6ncn(C)c6cc5C(F)(F)F)cccn34)cc2C#N)c(F)c1F. The van der Waals surface area contributed by atoms with Gasteiger partial charge in [0.1, 0.15) is 11.6 Å². The van der Waals surface area contributed by atoms with Crippen molar-refractivity contribution in [3.8, 4) is 17.2 Å². The number of hydrogen-bond acceptors (Lipinski definition) is 5. The van der Waals surface area contributed by atoms with E-state index in [-0.39, 0.29) is 44.7 Å². The van der Waals surface area contributed by atoms with Crippen molar-refractivity contribution in [1.82, 2.24) is 14.0 Å². The van der Waals surface area contributed by atoms with Crippen molar-refractivity contribution in [2.75, 3.05) is 11.6 Å². The summed E-state index contributed by atoms with van der Waals surface area (Å²) in [5.74, 6) is -9.62. The van der Waals surface area contributed by atoms with E-state index in [0.29, 0.717) is 17.3 Å². The maximum Gasteiger partial charge on any atom is 0.417 e. The van der Waals surface area contributed by atoms with Gasteiger partial charge in [0.15, 0.2) is 23.3 Å². The summed E-state index contributed by atoms with van der Waals surface area (Å²) in [6, 6.07) is 13.2. The number of hydrogen-bond donors (Lipinski definition) is 1. The first kappa shape index (κ1) is 32.3. The number of carbonyl (C=O) groups excluding carboxylic acids is 2. The number of pyridine rings is 1. The molecule has 0 unspecified atom stereocenters. The summed E-state index contributed by atoms with van der Waals surface area (Å²) in [5, 5.41) is 11.8. The topological polar surface area (TPSA) is 92.2 Å². The fourth-order valence-corrected chi connectivity index (χ4v) is 5.93. The molecule has 48 heavy (non-hydrogen) atoms. The van der Waals surface area contributed by atoms with E-state index in [1.54, 1.807) is 13.1 Å². The molecule has 0 bridgehead atoms. The lowest BCUT2D eigenvalue weighted by Crippen LogP contribution is -2.19. The summed E-state index contributed by atoms with van der Waals surface area (Å²) in [6.45, 7) is 0. The number of imidazole rings is 1. The van der Waals surface area contributed by atoms with Crippen LogP contribution in [-0.4, -0.2) is 31.9 Å². The fraction of sp³-hybridized carbons (Fsp3) is 0.0909. The van der Waals surface area contributed by atoms with Crippen LogP contribution in [-0.2, 0) is 13.2 Å². The molecule has 0 saturated carbocycles. The maximum absolute atomic E-state index is 14.5. The molecule has 15 heteroatoms. The van der Waals surface area contributed by atoms with Gasteiger partial charge in [-0.3, -0.25) is 9.59 Å². The zero-order valence-electron chi connectivity index (χ0n) is 24.5. The predicted molar refractivity (Wildman–Crippen MR) is 163 cm³/mol. The van der Waals surface area contributed by atoms with Crippen molar-refractivity contribution in [2.24, 2.45) is 7.05 Å². The molecule has 0 radical (unpaired) electrons. The lowest BCUT2D eigenvalue weighted by molar-refractivity contribution is -0.137. The molecule has 0 aliphatic rings. The van der Waals surface area contributed by atoms with Crippen molar-refractivity contribution < 1.29 is 40.3 Å². The molecule has 3 heterocycles. The largest absolute Gasteiger partial charge is 0.417 e. The van der Waals surface area contributed by atoms with Crippen LogP contribution in [0.25, 0.3) is 27.7 Å². The number of fused-ring (bicyclic) bond motifs is 2. The first-order chi connectivity index (χ1) is 22.8. The Labute approximate surface area is 270 Å². The number of nitrogens with one attached hydrogen (secondary N) is 1. The van der Waals surface area contributed by atoms with Gasteiger partial charge in [0.2, 0.25) is 5.78 Å². The molecule has 6 aromatic rings. The number of aromatic nitrogens is 3. The predicted octanol–water partition coefficient (Wildman–Crippen LogP) is 8.15. The van der Waals surface area contributed by atoms with E-state index in [0.717, 1.165) is 18.2 Å². The second-order valence-corrected chi connectivity index (χ2v) is 11.3. The number of amides is 1. The highest BCUT2D eigenvalue weighted by Gasteiger charge is 2.35. The van der Waals surface area contributed by atoms with Gasteiger partial charge in [-0.25, -0.2) is 22.5 Å². The average molecular weight is 682 g/mol. The van der Waals surface area contributed by atoms with Crippen LogP contribution in [0.3, 0.4) is 0 Å². The van der Waals surface area contributed by atoms with Gasteiger partial charge in [-0.15, -0.1) is 11.8 Å². The van der Waals surface area contributed by atoms with E-state index in [9.17, 15) is 45.6 Å². The Morgan fingerprint density at radius 1 is 0.917 bits per heavy atom. The van der Waals surface area contributed by atoms with Crippen molar-refractivity contribution >= 4 is 45.7 Å². The van der Waals surface area contributed by atoms with Crippen LogP contribution in [0, 0.1) is 34.6 Å².